The van der Waals surface area contributed by atoms with Crippen LogP contribution in [-0.2, 0) is 19.4 Å². The summed E-state index contributed by atoms with van der Waals surface area (Å²) < 4.78 is 44.2. The SMILES string of the molecule is C=CC(=O)Nc1cc(N2C[C@H](CS(C)(=O)=O)[C@H]2C)c2cnc(Nc3ccnc(N4CC[C@@H](OCCO)[C@@H](F)C4)n3)cc2c1C(C)C. The molecule has 0 spiro atoms. The Hall–Kier alpha value is -3.88. The molecule has 0 aliphatic carbocycles. The molecule has 4 heterocycles. The number of ether oxygens (including phenoxy) is 1. The lowest BCUT2D eigenvalue weighted by Crippen LogP contribution is -2.57. The van der Waals surface area contributed by atoms with Gasteiger partial charge in [0, 0.05) is 60.5 Å². The van der Waals surface area contributed by atoms with Crippen LogP contribution in [0, 0.1) is 5.92 Å². The first-order valence-corrected chi connectivity index (χ1v) is 17.5. The highest BCUT2D eigenvalue weighted by atomic mass is 32.2. The van der Waals surface area contributed by atoms with Gasteiger partial charge in [-0.05, 0) is 54.5 Å². The Kier molecular flexibility index (Phi) is 10.1. The molecule has 0 unspecified atom stereocenters. The van der Waals surface area contributed by atoms with Crippen molar-refractivity contribution in [3.63, 3.8) is 0 Å². The molecule has 1 aromatic carbocycles. The number of amides is 1. The van der Waals surface area contributed by atoms with Crippen molar-refractivity contribution >= 4 is 55.5 Å². The zero-order valence-electron chi connectivity index (χ0n) is 26.6. The number of aromatic nitrogens is 3. The van der Waals surface area contributed by atoms with Gasteiger partial charge in [0.15, 0.2) is 0 Å². The largest absolute Gasteiger partial charge is 0.394 e. The number of hydrogen-bond acceptors (Lipinski definition) is 11. The predicted molar refractivity (Wildman–Crippen MR) is 179 cm³/mol. The second kappa shape index (κ2) is 13.9. The first-order valence-electron chi connectivity index (χ1n) is 15.4. The number of aliphatic hydroxyl groups excluding tert-OH is 1. The summed E-state index contributed by atoms with van der Waals surface area (Å²) in [6, 6.07) is 5.53. The van der Waals surface area contributed by atoms with Crippen molar-refractivity contribution in [1.82, 2.24) is 15.0 Å². The summed E-state index contributed by atoms with van der Waals surface area (Å²) in [7, 11) is -3.13. The van der Waals surface area contributed by atoms with Crippen molar-refractivity contribution in [2.75, 3.05) is 65.3 Å². The summed E-state index contributed by atoms with van der Waals surface area (Å²) in [5.41, 5.74) is 2.42. The lowest BCUT2D eigenvalue weighted by Gasteiger charge is -2.48. The van der Waals surface area contributed by atoms with E-state index < -0.39 is 22.1 Å². The number of carbonyl (C=O) groups is 1. The van der Waals surface area contributed by atoms with Crippen LogP contribution in [0.1, 0.15) is 38.7 Å². The molecule has 4 atom stereocenters. The van der Waals surface area contributed by atoms with Crippen molar-refractivity contribution in [1.29, 1.82) is 0 Å². The fourth-order valence-corrected chi connectivity index (χ4v) is 7.44. The van der Waals surface area contributed by atoms with Crippen molar-refractivity contribution in [3.8, 4) is 0 Å². The molecular formula is C32H42FN7O5S. The number of carbonyl (C=O) groups excluding carboxylic acids is 1. The minimum atomic E-state index is -3.13. The quantitative estimate of drug-likeness (QED) is 0.245. The maximum Gasteiger partial charge on any atom is 0.247 e. The van der Waals surface area contributed by atoms with Crippen LogP contribution in [0.2, 0.25) is 0 Å². The Balaban J connectivity index is 1.46. The molecular weight excluding hydrogens is 613 g/mol. The van der Waals surface area contributed by atoms with E-state index in [4.69, 9.17) is 14.8 Å². The molecule has 1 amide bonds. The van der Waals surface area contributed by atoms with E-state index in [0.717, 1.165) is 22.0 Å². The van der Waals surface area contributed by atoms with Gasteiger partial charge in [0.2, 0.25) is 11.9 Å². The number of alkyl halides is 1. The fourth-order valence-electron chi connectivity index (χ4n) is 6.28. The van der Waals surface area contributed by atoms with Gasteiger partial charge in [0.05, 0.1) is 31.6 Å². The standard InChI is InChI=1S/C32H42FN7O5S/c1-6-30(42)36-25-14-26(40-16-21(20(40)4)18-46(5,43)44)23-15-35-29(13-22(23)31(25)19(2)3)37-28-7-9-34-32(38-28)39-10-8-27(24(33)17-39)45-12-11-41/h6-7,9,13-15,19-21,24,27,41H,1,8,10-12,16-18H2,2-5H3,(H,36,42)(H,34,35,37,38)/t20-,21-,24+,27-/m1/s1. The van der Waals surface area contributed by atoms with Gasteiger partial charge in [-0.25, -0.2) is 22.8 Å². The van der Waals surface area contributed by atoms with E-state index in [0.29, 0.717) is 42.8 Å². The molecule has 0 saturated carbocycles. The zero-order valence-corrected chi connectivity index (χ0v) is 27.4. The van der Waals surface area contributed by atoms with E-state index in [2.05, 4.69) is 32.1 Å². The van der Waals surface area contributed by atoms with Crippen LogP contribution in [0.5, 0.6) is 0 Å². The molecule has 0 radical (unpaired) electrons. The molecule has 5 rings (SSSR count). The number of halogens is 1. The smallest absolute Gasteiger partial charge is 0.247 e. The van der Waals surface area contributed by atoms with E-state index in [9.17, 15) is 17.6 Å². The minimum absolute atomic E-state index is 0.00608. The highest BCUT2D eigenvalue weighted by molar-refractivity contribution is 7.90. The summed E-state index contributed by atoms with van der Waals surface area (Å²) in [5, 5.41) is 17.0. The van der Waals surface area contributed by atoms with Crippen LogP contribution in [0.4, 0.5) is 33.3 Å². The van der Waals surface area contributed by atoms with Crippen LogP contribution in [0.15, 0.2) is 43.2 Å². The maximum absolute atomic E-state index is 14.8. The second-order valence-electron chi connectivity index (χ2n) is 12.3. The molecule has 2 aromatic heterocycles. The van der Waals surface area contributed by atoms with E-state index in [1.807, 2.05) is 32.9 Å². The normalized spacial score (nSPS) is 21.7. The zero-order chi connectivity index (χ0) is 33.2. The summed E-state index contributed by atoms with van der Waals surface area (Å²) in [4.78, 5) is 30.1. The number of nitrogens with zero attached hydrogens (tertiary/aromatic N) is 5. The average Bonchev–Trinajstić information content (AvgIpc) is 3.01. The number of piperidine rings is 1. The van der Waals surface area contributed by atoms with E-state index in [1.54, 1.807) is 23.4 Å². The molecule has 2 saturated heterocycles. The molecule has 3 aromatic rings. The Morgan fingerprint density at radius 2 is 2.02 bits per heavy atom. The summed E-state index contributed by atoms with van der Waals surface area (Å²) in [5.74, 6) is 1.18. The Labute approximate surface area is 269 Å². The number of anilines is 5. The topological polar surface area (TPSA) is 150 Å². The third-order valence-corrected chi connectivity index (χ3v) is 9.61. The maximum atomic E-state index is 14.8. The van der Waals surface area contributed by atoms with Crippen molar-refractivity contribution in [2.45, 2.75) is 51.4 Å². The lowest BCUT2D eigenvalue weighted by molar-refractivity contribution is -0.111. The number of pyridine rings is 1. The molecule has 248 valence electrons. The summed E-state index contributed by atoms with van der Waals surface area (Å²) in [6.07, 6.45) is 4.50. The number of aliphatic hydroxyl groups is 1. The van der Waals surface area contributed by atoms with Crippen molar-refractivity contribution in [3.05, 3.63) is 48.8 Å². The van der Waals surface area contributed by atoms with Gasteiger partial charge in [-0.3, -0.25) is 4.79 Å². The van der Waals surface area contributed by atoms with Crippen LogP contribution >= 0.6 is 0 Å². The molecule has 2 aliphatic heterocycles. The summed E-state index contributed by atoms with van der Waals surface area (Å²) >= 11 is 0. The number of fused-ring (bicyclic) bond motifs is 1. The van der Waals surface area contributed by atoms with Crippen molar-refractivity contribution < 1.29 is 27.4 Å². The molecule has 14 heteroatoms. The van der Waals surface area contributed by atoms with E-state index in [-0.39, 0.29) is 49.3 Å². The van der Waals surface area contributed by atoms with Gasteiger partial charge >= 0.3 is 0 Å². The Morgan fingerprint density at radius 1 is 1.24 bits per heavy atom. The van der Waals surface area contributed by atoms with E-state index in [1.165, 1.54) is 12.3 Å². The van der Waals surface area contributed by atoms with Crippen LogP contribution in [-0.4, -0.2) is 97.6 Å². The molecule has 46 heavy (non-hydrogen) atoms. The second-order valence-corrected chi connectivity index (χ2v) is 14.5. The third-order valence-electron chi connectivity index (χ3n) is 8.58. The van der Waals surface area contributed by atoms with Gasteiger partial charge < -0.3 is 30.3 Å². The average molecular weight is 656 g/mol. The van der Waals surface area contributed by atoms with Gasteiger partial charge in [-0.15, -0.1) is 0 Å². The molecule has 12 nitrogen and oxygen atoms in total. The molecule has 2 fully saturated rings. The number of sulfone groups is 1. The van der Waals surface area contributed by atoms with Crippen LogP contribution < -0.4 is 20.4 Å². The predicted octanol–water partition coefficient (Wildman–Crippen LogP) is 3.81. The highest BCUT2D eigenvalue weighted by Gasteiger charge is 2.39. The first kappa shape index (κ1) is 33.5. The lowest BCUT2D eigenvalue weighted by atomic mass is 9.88. The van der Waals surface area contributed by atoms with Gasteiger partial charge in [0.25, 0.3) is 0 Å². The number of hydrogen-bond donors (Lipinski definition) is 3. The summed E-state index contributed by atoms with van der Waals surface area (Å²) in [6.45, 7) is 10.8. The van der Waals surface area contributed by atoms with Crippen LogP contribution in [0.25, 0.3) is 10.8 Å². The Morgan fingerprint density at radius 3 is 2.67 bits per heavy atom. The van der Waals surface area contributed by atoms with Gasteiger partial charge in [-0.2, -0.15) is 4.98 Å². The number of rotatable bonds is 12. The van der Waals surface area contributed by atoms with Gasteiger partial charge in [-0.1, -0.05) is 20.4 Å². The van der Waals surface area contributed by atoms with Crippen molar-refractivity contribution in [2.24, 2.45) is 5.92 Å². The van der Waals surface area contributed by atoms with Gasteiger partial charge in [0.1, 0.15) is 27.6 Å². The monoisotopic (exact) mass is 655 g/mol. The molecule has 3 N–H and O–H groups in total. The Bertz CT molecular complexity index is 1710. The highest BCUT2D eigenvalue weighted by Crippen LogP contribution is 2.43. The number of nitrogens with one attached hydrogen (secondary N) is 2. The third kappa shape index (κ3) is 7.39. The first-order chi connectivity index (χ1) is 21.9. The van der Waals surface area contributed by atoms with E-state index >= 15 is 0 Å². The van der Waals surface area contributed by atoms with Crippen LogP contribution in [0.3, 0.4) is 0 Å². The molecule has 0 bridgehead atoms. The fraction of sp³-hybridized carbons (Fsp3) is 0.500. The molecule has 2 aliphatic rings. The minimum Gasteiger partial charge on any atom is -0.394 e. The number of benzene rings is 1.